The number of carboxylic acids is 1. The van der Waals surface area contributed by atoms with Crippen LogP contribution in [0.5, 0.6) is 0 Å². The summed E-state index contributed by atoms with van der Waals surface area (Å²) in [6.07, 6.45) is 1.64. The SMILES string of the molecule is C=CCN(C(=O)Nc1ccc(Br)c(C(=O)O)c1)C(C)C. The van der Waals surface area contributed by atoms with Crippen LogP contribution >= 0.6 is 15.9 Å². The molecule has 0 saturated heterocycles. The third kappa shape index (κ3) is 4.09. The van der Waals surface area contributed by atoms with Crippen LogP contribution in [0.3, 0.4) is 0 Å². The van der Waals surface area contributed by atoms with E-state index in [2.05, 4.69) is 27.8 Å². The van der Waals surface area contributed by atoms with Gasteiger partial charge in [0, 0.05) is 22.7 Å². The number of carboxylic acid groups (broad SMARTS) is 1. The summed E-state index contributed by atoms with van der Waals surface area (Å²) < 4.78 is 0.467. The molecule has 6 heteroatoms. The lowest BCUT2D eigenvalue weighted by Crippen LogP contribution is -2.40. The first-order valence-corrected chi connectivity index (χ1v) is 6.87. The lowest BCUT2D eigenvalue weighted by molar-refractivity contribution is 0.0696. The van der Waals surface area contributed by atoms with Crippen LogP contribution in [0.2, 0.25) is 0 Å². The number of urea groups is 1. The number of benzene rings is 1. The molecule has 0 heterocycles. The quantitative estimate of drug-likeness (QED) is 0.805. The van der Waals surface area contributed by atoms with E-state index in [0.717, 1.165) is 0 Å². The van der Waals surface area contributed by atoms with Crippen LogP contribution in [0.1, 0.15) is 24.2 Å². The molecule has 108 valence electrons. The van der Waals surface area contributed by atoms with Gasteiger partial charge in [0.25, 0.3) is 0 Å². The van der Waals surface area contributed by atoms with Gasteiger partial charge in [0.1, 0.15) is 0 Å². The van der Waals surface area contributed by atoms with Crippen molar-refractivity contribution in [2.75, 3.05) is 11.9 Å². The van der Waals surface area contributed by atoms with Gasteiger partial charge in [-0.25, -0.2) is 9.59 Å². The number of nitrogens with zero attached hydrogens (tertiary/aromatic N) is 1. The molecular weight excluding hydrogens is 324 g/mol. The summed E-state index contributed by atoms with van der Waals surface area (Å²) in [5, 5.41) is 11.7. The van der Waals surface area contributed by atoms with E-state index in [-0.39, 0.29) is 17.6 Å². The molecular formula is C14H17BrN2O3. The standard InChI is InChI=1S/C14H17BrN2O3/c1-4-7-17(9(2)3)14(20)16-10-5-6-12(15)11(8-10)13(18)19/h4-6,8-9H,1,7H2,2-3H3,(H,16,20)(H,18,19). The summed E-state index contributed by atoms with van der Waals surface area (Å²) in [7, 11) is 0. The molecule has 1 rings (SSSR count). The van der Waals surface area contributed by atoms with Crippen molar-refractivity contribution in [3.8, 4) is 0 Å². The number of halogens is 1. The number of carbonyl (C=O) groups is 2. The first-order valence-electron chi connectivity index (χ1n) is 6.08. The highest BCUT2D eigenvalue weighted by molar-refractivity contribution is 9.10. The average Bonchev–Trinajstić information content (AvgIpc) is 2.37. The minimum absolute atomic E-state index is 0.0161. The molecule has 0 aliphatic heterocycles. The van der Waals surface area contributed by atoms with Crippen molar-refractivity contribution in [3.05, 3.63) is 40.9 Å². The molecule has 0 bridgehead atoms. The molecule has 0 saturated carbocycles. The molecule has 0 atom stereocenters. The Bertz CT molecular complexity index is 529. The summed E-state index contributed by atoms with van der Waals surface area (Å²) in [5.74, 6) is -1.06. The maximum Gasteiger partial charge on any atom is 0.336 e. The highest BCUT2D eigenvalue weighted by Gasteiger charge is 2.16. The van der Waals surface area contributed by atoms with Gasteiger partial charge in [0.2, 0.25) is 0 Å². The first kappa shape index (κ1) is 16.2. The Balaban J connectivity index is 2.92. The monoisotopic (exact) mass is 340 g/mol. The Labute approximate surface area is 126 Å². The van der Waals surface area contributed by atoms with Gasteiger partial charge >= 0.3 is 12.0 Å². The Morgan fingerprint density at radius 1 is 1.50 bits per heavy atom. The van der Waals surface area contributed by atoms with E-state index in [1.54, 1.807) is 23.1 Å². The lowest BCUT2D eigenvalue weighted by Gasteiger charge is -2.25. The Kier molecular flexibility index (Phi) is 5.76. The topological polar surface area (TPSA) is 69.6 Å². The molecule has 0 aliphatic carbocycles. The summed E-state index contributed by atoms with van der Waals surface area (Å²) in [6.45, 7) is 7.83. The van der Waals surface area contributed by atoms with E-state index < -0.39 is 5.97 Å². The zero-order chi connectivity index (χ0) is 15.3. The zero-order valence-corrected chi connectivity index (χ0v) is 13.0. The fourth-order valence-corrected chi connectivity index (χ4v) is 2.05. The molecule has 0 radical (unpaired) electrons. The van der Waals surface area contributed by atoms with Gasteiger partial charge in [0.15, 0.2) is 0 Å². The fourth-order valence-electron chi connectivity index (χ4n) is 1.63. The minimum Gasteiger partial charge on any atom is -0.478 e. The third-order valence-corrected chi connectivity index (χ3v) is 3.35. The maximum absolute atomic E-state index is 12.1. The number of amides is 2. The van der Waals surface area contributed by atoms with Crippen molar-refractivity contribution in [2.24, 2.45) is 0 Å². The molecule has 0 fully saturated rings. The summed E-state index contributed by atoms with van der Waals surface area (Å²) in [4.78, 5) is 24.7. The molecule has 5 nitrogen and oxygen atoms in total. The summed E-state index contributed by atoms with van der Waals surface area (Å²) in [6, 6.07) is 4.37. The van der Waals surface area contributed by atoms with Gasteiger partial charge in [-0.05, 0) is 48.0 Å². The average molecular weight is 341 g/mol. The predicted molar refractivity (Wildman–Crippen MR) is 82.2 cm³/mol. The second-order valence-electron chi connectivity index (χ2n) is 4.46. The molecule has 2 N–H and O–H groups in total. The van der Waals surface area contributed by atoms with Gasteiger partial charge in [0.05, 0.1) is 5.56 Å². The van der Waals surface area contributed by atoms with E-state index in [0.29, 0.717) is 16.7 Å². The number of nitrogens with one attached hydrogen (secondary N) is 1. The second-order valence-corrected chi connectivity index (χ2v) is 5.32. The number of hydrogen-bond donors (Lipinski definition) is 2. The van der Waals surface area contributed by atoms with Crippen LogP contribution in [0.15, 0.2) is 35.3 Å². The number of rotatable bonds is 5. The van der Waals surface area contributed by atoms with E-state index in [1.807, 2.05) is 13.8 Å². The zero-order valence-electron chi connectivity index (χ0n) is 11.4. The molecule has 0 spiro atoms. The molecule has 0 unspecified atom stereocenters. The summed E-state index contributed by atoms with van der Waals surface area (Å²) >= 11 is 3.16. The highest BCUT2D eigenvalue weighted by Crippen LogP contribution is 2.21. The predicted octanol–water partition coefficient (Wildman–Crippen LogP) is 3.58. The molecule has 1 aromatic rings. The van der Waals surface area contributed by atoms with Crippen molar-refractivity contribution in [1.82, 2.24) is 4.90 Å². The van der Waals surface area contributed by atoms with E-state index in [1.165, 1.54) is 6.07 Å². The molecule has 2 amide bonds. The third-order valence-electron chi connectivity index (χ3n) is 2.66. The first-order chi connectivity index (χ1) is 9.36. The summed E-state index contributed by atoms with van der Waals surface area (Å²) in [5.41, 5.74) is 0.535. The van der Waals surface area contributed by atoms with Crippen molar-refractivity contribution < 1.29 is 14.7 Å². The van der Waals surface area contributed by atoms with Gasteiger partial charge in [-0.1, -0.05) is 6.08 Å². The fraction of sp³-hybridized carbons (Fsp3) is 0.286. The van der Waals surface area contributed by atoms with Crippen molar-refractivity contribution in [3.63, 3.8) is 0 Å². The number of hydrogen-bond acceptors (Lipinski definition) is 2. The normalized spacial score (nSPS) is 10.2. The molecule has 0 aliphatic rings. The second kappa shape index (κ2) is 7.09. The van der Waals surface area contributed by atoms with Gasteiger partial charge in [-0.2, -0.15) is 0 Å². The van der Waals surface area contributed by atoms with E-state index >= 15 is 0 Å². The van der Waals surface area contributed by atoms with Crippen molar-refractivity contribution >= 4 is 33.6 Å². The Morgan fingerprint density at radius 3 is 2.65 bits per heavy atom. The van der Waals surface area contributed by atoms with Gasteiger partial charge in [-0.3, -0.25) is 0 Å². The van der Waals surface area contributed by atoms with Gasteiger partial charge in [-0.15, -0.1) is 6.58 Å². The Morgan fingerprint density at radius 2 is 2.15 bits per heavy atom. The van der Waals surface area contributed by atoms with E-state index in [4.69, 9.17) is 5.11 Å². The van der Waals surface area contributed by atoms with Crippen LogP contribution < -0.4 is 5.32 Å². The lowest BCUT2D eigenvalue weighted by atomic mass is 10.2. The molecule has 0 aromatic heterocycles. The van der Waals surface area contributed by atoms with Crippen LogP contribution in [0.25, 0.3) is 0 Å². The highest BCUT2D eigenvalue weighted by atomic mass is 79.9. The van der Waals surface area contributed by atoms with Crippen molar-refractivity contribution in [2.45, 2.75) is 19.9 Å². The number of anilines is 1. The van der Waals surface area contributed by atoms with Crippen LogP contribution in [0, 0.1) is 0 Å². The number of carbonyl (C=O) groups excluding carboxylic acids is 1. The smallest absolute Gasteiger partial charge is 0.336 e. The number of aromatic carboxylic acids is 1. The Hall–Kier alpha value is -1.82. The van der Waals surface area contributed by atoms with Crippen LogP contribution in [-0.4, -0.2) is 34.6 Å². The maximum atomic E-state index is 12.1. The van der Waals surface area contributed by atoms with Crippen LogP contribution in [-0.2, 0) is 0 Å². The van der Waals surface area contributed by atoms with Gasteiger partial charge < -0.3 is 15.3 Å². The van der Waals surface area contributed by atoms with Crippen molar-refractivity contribution in [1.29, 1.82) is 0 Å². The largest absolute Gasteiger partial charge is 0.478 e. The molecule has 20 heavy (non-hydrogen) atoms. The molecule has 1 aromatic carbocycles. The van der Waals surface area contributed by atoms with Crippen LogP contribution in [0.4, 0.5) is 10.5 Å². The van der Waals surface area contributed by atoms with E-state index in [9.17, 15) is 9.59 Å². The minimum atomic E-state index is -1.06.